The van der Waals surface area contributed by atoms with E-state index in [9.17, 15) is 0 Å². The number of thiazole rings is 1. The van der Waals surface area contributed by atoms with Gasteiger partial charge in [-0.2, -0.15) is 0 Å². The lowest BCUT2D eigenvalue weighted by atomic mass is 10.3. The van der Waals surface area contributed by atoms with E-state index in [1.165, 1.54) is 4.88 Å². The fraction of sp³-hybridized carbons (Fsp3) is 0.250. The molecule has 0 atom stereocenters. The summed E-state index contributed by atoms with van der Waals surface area (Å²) in [6, 6.07) is 1.96. The van der Waals surface area contributed by atoms with Crippen molar-refractivity contribution < 1.29 is 0 Å². The number of hydrogen-bond donors (Lipinski definition) is 1. The van der Waals surface area contributed by atoms with Crippen LogP contribution in [-0.2, 0) is 13.6 Å². The predicted octanol–water partition coefficient (Wildman–Crippen LogP) is 2.35. The molecule has 92 valence electrons. The lowest BCUT2D eigenvalue weighted by Gasteiger charge is -2.05. The quantitative estimate of drug-likeness (QED) is 0.784. The fourth-order valence-electron chi connectivity index (χ4n) is 1.85. The van der Waals surface area contributed by atoms with Crippen LogP contribution in [0.25, 0.3) is 11.0 Å². The number of hydrogen-bond acceptors (Lipinski definition) is 5. The zero-order valence-corrected chi connectivity index (χ0v) is 11.0. The highest BCUT2D eigenvalue weighted by molar-refractivity contribution is 7.09. The van der Waals surface area contributed by atoms with Crippen LogP contribution < -0.4 is 5.32 Å². The third kappa shape index (κ3) is 1.84. The maximum atomic E-state index is 4.37. The van der Waals surface area contributed by atoms with Crippen LogP contribution in [0.4, 0.5) is 5.82 Å². The Kier molecular flexibility index (Phi) is 2.71. The van der Waals surface area contributed by atoms with E-state index in [4.69, 9.17) is 0 Å². The molecular weight excluding hydrogens is 246 g/mol. The number of fused-ring (bicyclic) bond motifs is 1. The zero-order chi connectivity index (χ0) is 12.5. The summed E-state index contributed by atoms with van der Waals surface area (Å²) in [5.74, 6) is 0.820. The Bertz CT molecular complexity index is 685. The van der Waals surface area contributed by atoms with Crippen molar-refractivity contribution in [3.8, 4) is 0 Å². The Morgan fingerprint density at radius 3 is 3.00 bits per heavy atom. The standard InChI is InChI=1S/C12H13N5S/c1-8-10(18-7-16-8)5-14-12-11-9(3-4-13-12)17(2)6-15-11/h3-4,6-7H,5H2,1-2H3,(H,13,14). The second-order valence-electron chi connectivity index (χ2n) is 4.10. The highest BCUT2D eigenvalue weighted by Crippen LogP contribution is 2.20. The summed E-state index contributed by atoms with van der Waals surface area (Å²) in [6.45, 7) is 2.75. The maximum Gasteiger partial charge on any atom is 0.154 e. The van der Waals surface area contributed by atoms with Gasteiger partial charge in [0.05, 0.1) is 29.6 Å². The molecule has 0 aliphatic carbocycles. The van der Waals surface area contributed by atoms with E-state index in [1.807, 2.05) is 30.1 Å². The maximum absolute atomic E-state index is 4.37. The second-order valence-corrected chi connectivity index (χ2v) is 5.04. The normalized spacial score (nSPS) is 11.0. The molecule has 1 N–H and O–H groups in total. The minimum Gasteiger partial charge on any atom is -0.363 e. The van der Waals surface area contributed by atoms with Gasteiger partial charge in [0.2, 0.25) is 0 Å². The van der Waals surface area contributed by atoms with Gasteiger partial charge in [-0.15, -0.1) is 11.3 Å². The molecule has 3 aromatic heterocycles. The molecular formula is C12H13N5S. The van der Waals surface area contributed by atoms with Crippen LogP contribution >= 0.6 is 11.3 Å². The first-order chi connectivity index (χ1) is 8.75. The number of nitrogens with one attached hydrogen (secondary N) is 1. The first-order valence-electron chi connectivity index (χ1n) is 5.64. The Hall–Kier alpha value is -1.95. The largest absolute Gasteiger partial charge is 0.363 e. The number of nitrogens with zero attached hydrogens (tertiary/aromatic N) is 4. The molecule has 0 amide bonds. The highest BCUT2D eigenvalue weighted by Gasteiger charge is 2.07. The summed E-state index contributed by atoms with van der Waals surface area (Å²) in [7, 11) is 1.98. The monoisotopic (exact) mass is 259 g/mol. The lowest BCUT2D eigenvalue weighted by molar-refractivity contribution is 0.947. The molecule has 6 heteroatoms. The number of aryl methyl sites for hydroxylation is 2. The van der Waals surface area contributed by atoms with Crippen LogP contribution in [0.5, 0.6) is 0 Å². The average molecular weight is 259 g/mol. The molecule has 0 saturated heterocycles. The van der Waals surface area contributed by atoms with Gasteiger partial charge in [-0.1, -0.05) is 0 Å². The van der Waals surface area contributed by atoms with Gasteiger partial charge in [0, 0.05) is 18.1 Å². The van der Waals surface area contributed by atoms with E-state index in [1.54, 1.807) is 23.9 Å². The molecule has 0 spiro atoms. The third-order valence-electron chi connectivity index (χ3n) is 2.90. The van der Waals surface area contributed by atoms with Gasteiger partial charge < -0.3 is 9.88 Å². The van der Waals surface area contributed by atoms with Crippen LogP contribution in [-0.4, -0.2) is 19.5 Å². The van der Waals surface area contributed by atoms with E-state index in [0.29, 0.717) is 0 Å². The SMILES string of the molecule is Cc1ncsc1CNc1nccc2c1ncn2C. The molecule has 18 heavy (non-hydrogen) atoms. The van der Waals surface area contributed by atoms with Crippen molar-refractivity contribution in [2.45, 2.75) is 13.5 Å². The smallest absolute Gasteiger partial charge is 0.154 e. The summed E-state index contributed by atoms with van der Waals surface area (Å²) in [5, 5.41) is 3.33. The third-order valence-corrected chi connectivity index (χ3v) is 3.84. The van der Waals surface area contributed by atoms with E-state index in [2.05, 4.69) is 20.3 Å². The number of rotatable bonds is 3. The minimum atomic E-state index is 0.735. The van der Waals surface area contributed by atoms with Crippen molar-refractivity contribution in [1.29, 1.82) is 0 Å². The summed E-state index contributed by atoms with van der Waals surface area (Å²) in [5.41, 5.74) is 4.91. The first-order valence-corrected chi connectivity index (χ1v) is 6.52. The fourth-order valence-corrected chi connectivity index (χ4v) is 2.57. The van der Waals surface area contributed by atoms with Gasteiger partial charge in [-0.25, -0.2) is 15.0 Å². The Morgan fingerprint density at radius 1 is 1.33 bits per heavy atom. The number of anilines is 1. The van der Waals surface area contributed by atoms with Gasteiger partial charge in [-0.05, 0) is 13.0 Å². The highest BCUT2D eigenvalue weighted by atomic mass is 32.1. The van der Waals surface area contributed by atoms with Crippen molar-refractivity contribution in [3.05, 3.63) is 34.7 Å². The van der Waals surface area contributed by atoms with Gasteiger partial charge in [-0.3, -0.25) is 0 Å². The molecule has 0 fully saturated rings. The number of imidazole rings is 1. The van der Waals surface area contributed by atoms with Gasteiger partial charge >= 0.3 is 0 Å². The van der Waals surface area contributed by atoms with Crippen LogP contribution in [0.3, 0.4) is 0 Å². The summed E-state index contributed by atoms with van der Waals surface area (Å²) >= 11 is 1.65. The van der Waals surface area contributed by atoms with E-state index < -0.39 is 0 Å². The summed E-state index contributed by atoms with van der Waals surface area (Å²) in [6.07, 6.45) is 3.60. The molecule has 0 aliphatic heterocycles. The summed E-state index contributed by atoms with van der Waals surface area (Å²) < 4.78 is 1.99. The molecule has 3 rings (SSSR count). The van der Waals surface area contributed by atoms with E-state index in [0.717, 1.165) is 29.1 Å². The van der Waals surface area contributed by atoms with E-state index >= 15 is 0 Å². The van der Waals surface area contributed by atoms with Crippen molar-refractivity contribution in [2.24, 2.45) is 7.05 Å². The molecule has 5 nitrogen and oxygen atoms in total. The van der Waals surface area contributed by atoms with Crippen LogP contribution in [0.1, 0.15) is 10.6 Å². The Morgan fingerprint density at radius 2 is 2.22 bits per heavy atom. The van der Waals surface area contributed by atoms with Crippen molar-refractivity contribution in [3.63, 3.8) is 0 Å². The van der Waals surface area contributed by atoms with Crippen molar-refractivity contribution >= 4 is 28.2 Å². The Balaban J connectivity index is 1.89. The topological polar surface area (TPSA) is 55.6 Å². The lowest BCUT2D eigenvalue weighted by Crippen LogP contribution is -2.01. The molecule has 0 aliphatic rings. The van der Waals surface area contributed by atoms with Crippen LogP contribution in [0.15, 0.2) is 24.1 Å². The van der Waals surface area contributed by atoms with Gasteiger partial charge in [0.25, 0.3) is 0 Å². The number of pyridine rings is 1. The van der Waals surface area contributed by atoms with Crippen LogP contribution in [0.2, 0.25) is 0 Å². The molecule has 3 aromatic rings. The Labute approximate surface area is 109 Å². The molecule has 0 radical (unpaired) electrons. The minimum absolute atomic E-state index is 0.735. The van der Waals surface area contributed by atoms with Gasteiger partial charge in [0.1, 0.15) is 5.52 Å². The molecule has 0 bridgehead atoms. The second kappa shape index (κ2) is 4.38. The molecule has 0 aromatic carbocycles. The molecule has 0 unspecified atom stereocenters. The molecule has 3 heterocycles. The average Bonchev–Trinajstić information content (AvgIpc) is 2.95. The first kappa shape index (κ1) is 11.2. The summed E-state index contributed by atoms with van der Waals surface area (Å²) in [4.78, 5) is 14.2. The molecule has 0 saturated carbocycles. The predicted molar refractivity (Wildman–Crippen MR) is 72.7 cm³/mol. The van der Waals surface area contributed by atoms with E-state index in [-0.39, 0.29) is 0 Å². The van der Waals surface area contributed by atoms with Crippen molar-refractivity contribution in [1.82, 2.24) is 19.5 Å². The van der Waals surface area contributed by atoms with Gasteiger partial charge in [0.15, 0.2) is 5.82 Å². The zero-order valence-electron chi connectivity index (χ0n) is 10.2. The van der Waals surface area contributed by atoms with Crippen LogP contribution in [0, 0.1) is 6.92 Å². The van der Waals surface area contributed by atoms with Crippen molar-refractivity contribution in [2.75, 3.05) is 5.32 Å². The number of aromatic nitrogens is 4.